The standard InChI is InChI=1S/C10H16N4O/c1-11-7-10(15)13-8-6-12-5-4-9(8)14(2)3/h4-6,11H,7H2,1-3H3,(H,13,15). The van der Waals surface area contributed by atoms with Gasteiger partial charge in [0.25, 0.3) is 0 Å². The van der Waals surface area contributed by atoms with Gasteiger partial charge in [-0.1, -0.05) is 0 Å². The zero-order valence-electron chi connectivity index (χ0n) is 9.24. The molecule has 0 bridgehead atoms. The third-order valence-corrected chi connectivity index (χ3v) is 1.89. The van der Waals surface area contributed by atoms with E-state index in [9.17, 15) is 4.79 Å². The molecule has 1 rings (SSSR count). The van der Waals surface area contributed by atoms with E-state index in [2.05, 4.69) is 15.6 Å². The number of carbonyl (C=O) groups is 1. The normalized spacial score (nSPS) is 9.80. The molecule has 1 aromatic rings. The maximum atomic E-state index is 11.4. The Balaban J connectivity index is 2.80. The lowest BCUT2D eigenvalue weighted by atomic mass is 10.3. The van der Waals surface area contributed by atoms with Crippen molar-refractivity contribution >= 4 is 17.3 Å². The largest absolute Gasteiger partial charge is 0.376 e. The molecule has 5 heteroatoms. The van der Waals surface area contributed by atoms with Crippen molar-refractivity contribution in [3.05, 3.63) is 18.5 Å². The van der Waals surface area contributed by atoms with E-state index in [1.54, 1.807) is 19.4 Å². The van der Waals surface area contributed by atoms with Crippen LogP contribution in [0.25, 0.3) is 0 Å². The van der Waals surface area contributed by atoms with Crippen molar-refractivity contribution in [1.29, 1.82) is 0 Å². The number of carbonyl (C=O) groups excluding carboxylic acids is 1. The van der Waals surface area contributed by atoms with E-state index in [4.69, 9.17) is 0 Å². The molecular formula is C10H16N4O. The molecule has 0 atom stereocenters. The maximum absolute atomic E-state index is 11.4. The lowest BCUT2D eigenvalue weighted by Crippen LogP contribution is -2.26. The summed E-state index contributed by atoms with van der Waals surface area (Å²) in [5.74, 6) is -0.0754. The summed E-state index contributed by atoms with van der Waals surface area (Å²) < 4.78 is 0. The summed E-state index contributed by atoms with van der Waals surface area (Å²) in [5.41, 5.74) is 1.66. The van der Waals surface area contributed by atoms with Crippen LogP contribution in [0, 0.1) is 0 Å². The van der Waals surface area contributed by atoms with E-state index < -0.39 is 0 Å². The highest BCUT2D eigenvalue weighted by Gasteiger charge is 2.06. The Hall–Kier alpha value is -1.62. The molecule has 0 aromatic carbocycles. The van der Waals surface area contributed by atoms with Crippen LogP contribution in [0.3, 0.4) is 0 Å². The van der Waals surface area contributed by atoms with Crippen LogP contribution in [0.2, 0.25) is 0 Å². The number of rotatable bonds is 4. The zero-order valence-corrected chi connectivity index (χ0v) is 9.24. The first-order chi connectivity index (χ1) is 7.15. The van der Waals surface area contributed by atoms with E-state index in [1.165, 1.54) is 0 Å². The first-order valence-corrected chi connectivity index (χ1v) is 4.71. The van der Waals surface area contributed by atoms with Crippen LogP contribution in [-0.2, 0) is 4.79 Å². The quantitative estimate of drug-likeness (QED) is 0.747. The van der Waals surface area contributed by atoms with Crippen molar-refractivity contribution in [2.45, 2.75) is 0 Å². The number of amides is 1. The van der Waals surface area contributed by atoms with Gasteiger partial charge in [0.1, 0.15) is 0 Å². The van der Waals surface area contributed by atoms with Gasteiger partial charge in [-0.3, -0.25) is 9.78 Å². The highest BCUT2D eigenvalue weighted by atomic mass is 16.1. The zero-order chi connectivity index (χ0) is 11.3. The van der Waals surface area contributed by atoms with Gasteiger partial charge in [0.05, 0.1) is 24.1 Å². The van der Waals surface area contributed by atoms with Gasteiger partial charge in [0.2, 0.25) is 5.91 Å². The predicted molar refractivity (Wildman–Crippen MR) is 61.1 cm³/mol. The second-order valence-corrected chi connectivity index (χ2v) is 3.37. The van der Waals surface area contributed by atoms with Gasteiger partial charge in [-0.05, 0) is 13.1 Å². The molecule has 1 aromatic heterocycles. The van der Waals surface area contributed by atoms with Crippen LogP contribution >= 0.6 is 0 Å². The van der Waals surface area contributed by atoms with Gasteiger partial charge in [-0.15, -0.1) is 0 Å². The second-order valence-electron chi connectivity index (χ2n) is 3.37. The summed E-state index contributed by atoms with van der Waals surface area (Å²) in [5, 5.41) is 5.58. The van der Waals surface area contributed by atoms with E-state index in [1.807, 2.05) is 25.1 Å². The fourth-order valence-corrected chi connectivity index (χ4v) is 1.23. The Bertz CT molecular complexity index is 338. The molecule has 15 heavy (non-hydrogen) atoms. The van der Waals surface area contributed by atoms with Gasteiger partial charge in [0, 0.05) is 20.3 Å². The van der Waals surface area contributed by atoms with Gasteiger partial charge in [0.15, 0.2) is 0 Å². The van der Waals surface area contributed by atoms with E-state index in [-0.39, 0.29) is 5.91 Å². The molecule has 0 aliphatic rings. The van der Waals surface area contributed by atoms with Gasteiger partial charge < -0.3 is 15.5 Å². The fraction of sp³-hybridized carbons (Fsp3) is 0.400. The molecule has 2 N–H and O–H groups in total. The van der Waals surface area contributed by atoms with Crippen molar-refractivity contribution in [2.24, 2.45) is 0 Å². The Labute approximate surface area is 89.5 Å². The summed E-state index contributed by atoms with van der Waals surface area (Å²) in [6, 6.07) is 1.86. The van der Waals surface area contributed by atoms with Gasteiger partial charge in [-0.25, -0.2) is 0 Å². The number of likely N-dealkylation sites (N-methyl/N-ethyl adjacent to an activating group) is 1. The molecule has 0 aliphatic heterocycles. The molecule has 5 nitrogen and oxygen atoms in total. The van der Waals surface area contributed by atoms with Crippen molar-refractivity contribution < 1.29 is 4.79 Å². The number of anilines is 2. The minimum Gasteiger partial charge on any atom is -0.376 e. The summed E-state index contributed by atoms with van der Waals surface area (Å²) in [7, 11) is 5.57. The number of nitrogens with zero attached hydrogens (tertiary/aromatic N) is 2. The van der Waals surface area contributed by atoms with E-state index >= 15 is 0 Å². The molecule has 0 saturated carbocycles. The number of pyridine rings is 1. The van der Waals surface area contributed by atoms with Crippen molar-refractivity contribution in [3.63, 3.8) is 0 Å². The van der Waals surface area contributed by atoms with Crippen molar-refractivity contribution in [3.8, 4) is 0 Å². The molecule has 0 unspecified atom stereocenters. The Kier molecular flexibility index (Phi) is 4.05. The first kappa shape index (κ1) is 11.5. The third kappa shape index (κ3) is 3.21. The SMILES string of the molecule is CNCC(=O)Nc1cnccc1N(C)C. The summed E-state index contributed by atoms with van der Waals surface area (Å²) in [6.45, 7) is 0.293. The smallest absolute Gasteiger partial charge is 0.238 e. The number of aromatic nitrogens is 1. The second kappa shape index (κ2) is 5.31. The number of nitrogens with one attached hydrogen (secondary N) is 2. The topological polar surface area (TPSA) is 57.3 Å². The first-order valence-electron chi connectivity index (χ1n) is 4.71. The minimum atomic E-state index is -0.0754. The van der Waals surface area contributed by atoms with Crippen molar-refractivity contribution in [1.82, 2.24) is 10.3 Å². The number of hydrogen-bond acceptors (Lipinski definition) is 4. The molecule has 0 fully saturated rings. The average molecular weight is 208 g/mol. The van der Waals surface area contributed by atoms with Crippen molar-refractivity contribution in [2.75, 3.05) is 37.9 Å². The van der Waals surface area contributed by atoms with E-state index in [0.717, 1.165) is 11.4 Å². The van der Waals surface area contributed by atoms with Crippen LogP contribution in [0.15, 0.2) is 18.5 Å². The molecule has 1 amide bonds. The number of hydrogen-bond donors (Lipinski definition) is 2. The molecule has 0 spiro atoms. The molecule has 0 radical (unpaired) electrons. The molecule has 1 heterocycles. The molecule has 0 aliphatic carbocycles. The Morgan fingerprint density at radius 2 is 2.27 bits per heavy atom. The Morgan fingerprint density at radius 3 is 2.87 bits per heavy atom. The molecule has 0 saturated heterocycles. The lowest BCUT2D eigenvalue weighted by molar-refractivity contribution is -0.115. The maximum Gasteiger partial charge on any atom is 0.238 e. The van der Waals surface area contributed by atoms with Crippen LogP contribution in [0.5, 0.6) is 0 Å². The van der Waals surface area contributed by atoms with Gasteiger partial charge in [-0.2, -0.15) is 0 Å². The van der Waals surface area contributed by atoms with Gasteiger partial charge >= 0.3 is 0 Å². The lowest BCUT2D eigenvalue weighted by Gasteiger charge is -2.17. The fourth-order valence-electron chi connectivity index (χ4n) is 1.23. The summed E-state index contributed by atoms with van der Waals surface area (Å²) in [6.07, 6.45) is 3.34. The van der Waals surface area contributed by atoms with Crippen LogP contribution in [0.1, 0.15) is 0 Å². The van der Waals surface area contributed by atoms with E-state index in [0.29, 0.717) is 6.54 Å². The Morgan fingerprint density at radius 1 is 1.53 bits per heavy atom. The minimum absolute atomic E-state index is 0.0754. The third-order valence-electron chi connectivity index (χ3n) is 1.89. The molecular weight excluding hydrogens is 192 g/mol. The van der Waals surface area contributed by atoms with Crippen LogP contribution in [0.4, 0.5) is 11.4 Å². The summed E-state index contributed by atoms with van der Waals surface area (Å²) in [4.78, 5) is 17.3. The monoisotopic (exact) mass is 208 g/mol. The summed E-state index contributed by atoms with van der Waals surface area (Å²) >= 11 is 0. The highest BCUT2D eigenvalue weighted by Crippen LogP contribution is 2.21. The van der Waals surface area contributed by atoms with Crippen LogP contribution in [-0.4, -0.2) is 38.6 Å². The average Bonchev–Trinajstić information content (AvgIpc) is 2.18. The highest BCUT2D eigenvalue weighted by molar-refractivity contribution is 5.95. The molecule has 82 valence electrons. The van der Waals surface area contributed by atoms with Crippen LogP contribution < -0.4 is 15.5 Å². The predicted octanol–water partition coefficient (Wildman–Crippen LogP) is 0.305.